The Morgan fingerprint density at radius 2 is 1.75 bits per heavy atom. The van der Waals surface area contributed by atoms with E-state index < -0.39 is 6.29 Å². The van der Waals surface area contributed by atoms with Crippen LogP contribution in [0.25, 0.3) is 0 Å². The maximum Gasteiger partial charge on any atom is 0.212 e. The summed E-state index contributed by atoms with van der Waals surface area (Å²) in [4.78, 5) is 0. The Balaban J connectivity index is 1.87. The van der Waals surface area contributed by atoms with Gasteiger partial charge in [0.1, 0.15) is 5.75 Å². The van der Waals surface area contributed by atoms with Gasteiger partial charge < -0.3 is 9.47 Å². The molecule has 2 rings (SSSR count). The molecular formula is C21H25NO2. The molecule has 3 nitrogen and oxygen atoms in total. The molecule has 2 aromatic carbocycles. The van der Waals surface area contributed by atoms with Gasteiger partial charge in [0.25, 0.3) is 0 Å². The third kappa shape index (κ3) is 5.72. The van der Waals surface area contributed by atoms with E-state index in [4.69, 9.17) is 14.7 Å². The number of ether oxygens (including phenoxy) is 2. The van der Waals surface area contributed by atoms with Crippen molar-refractivity contribution >= 4 is 0 Å². The van der Waals surface area contributed by atoms with Crippen molar-refractivity contribution in [3.63, 3.8) is 0 Å². The van der Waals surface area contributed by atoms with Gasteiger partial charge in [0.05, 0.1) is 19.1 Å². The van der Waals surface area contributed by atoms with Crippen LogP contribution in [-0.4, -0.2) is 12.9 Å². The van der Waals surface area contributed by atoms with Crippen LogP contribution in [0.4, 0.5) is 0 Å². The Labute approximate surface area is 144 Å². The van der Waals surface area contributed by atoms with E-state index >= 15 is 0 Å². The molecule has 0 aliphatic rings. The summed E-state index contributed by atoms with van der Waals surface area (Å²) < 4.78 is 11.6. The van der Waals surface area contributed by atoms with Crippen LogP contribution >= 0.6 is 0 Å². The number of hydrogen-bond acceptors (Lipinski definition) is 3. The van der Waals surface area contributed by atoms with Crippen LogP contribution in [0, 0.1) is 11.3 Å². The fourth-order valence-corrected chi connectivity index (χ4v) is 2.42. The number of rotatable bonds is 9. The summed E-state index contributed by atoms with van der Waals surface area (Å²) in [5.41, 5.74) is 2.51. The van der Waals surface area contributed by atoms with Gasteiger partial charge in [-0.25, -0.2) is 0 Å². The molecule has 0 fully saturated rings. The topological polar surface area (TPSA) is 42.2 Å². The smallest absolute Gasteiger partial charge is 0.212 e. The lowest BCUT2D eigenvalue weighted by molar-refractivity contribution is -0.0751. The van der Waals surface area contributed by atoms with Crippen LogP contribution in [0.2, 0.25) is 0 Å². The van der Waals surface area contributed by atoms with Crippen LogP contribution in [0.15, 0.2) is 54.6 Å². The maximum atomic E-state index is 8.97. The van der Waals surface area contributed by atoms with E-state index in [0.29, 0.717) is 12.5 Å². The van der Waals surface area contributed by atoms with Crippen molar-refractivity contribution in [3.8, 4) is 11.8 Å². The second kappa shape index (κ2) is 9.75. The number of hydrogen-bond donors (Lipinski definition) is 0. The Morgan fingerprint density at radius 3 is 2.38 bits per heavy atom. The van der Waals surface area contributed by atoms with Gasteiger partial charge in [-0.2, -0.15) is 5.26 Å². The first-order chi connectivity index (χ1) is 11.7. The molecule has 0 amide bonds. The molecule has 0 aromatic heterocycles. The first kappa shape index (κ1) is 18.0. The number of nitrogens with zero attached hydrogens (tertiary/aromatic N) is 1. The molecule has 0 saturated carbocycles. The molecule has 0 aliphatic heterocycles. The fraction of sp³-hybridized carbons (Fsp3) is 0.381. The Hall–Kier alpha value is -2.31. The lowest BCUT2D eigenvalue weighted by Crippen LogP contribution is -2.21. The van der Waals surface area contributed by atoms with E-state index in [1.807, 2.05) is 30.3 Å². The minimum atomic E-state index is -0.534. The van der Waals surface area contributed by atoms with Crippen molar-refractivity contribution in [2.24, 2.45) is 0 Å². The zero-order chi connectivity index (χ0) is 17.2. The highest BCUT2D eigenvalue weighted by molar-refractivity contribution is 5.29. The van der Waals surface area contributed by atoms with Crippen molar-refractivity contribution < 1.29 is 9.47 Å². The van der Waals surface area contributed by atoms with Crippen LogP contribution in [0.1, 0.15) is 43.7 Å². The molecule has 2 aromatic rings. The molecule has 24 heavy (non-hydrogen) atoms. The third-order valence-electron chi connectivity index (χ3n) is 4.12. The summed E-state index contributed by atoms with van der Waals surface area (Å²) in [5, 5.41) is 8.97. The zero-order valence-electron chi connectivity index (χ0n) is 14.4. The maximum absolute atomic E-state index is 8.97. The normalized spacial score (nSPS) is 13.0. The summed E-state index contributed by atoms with van der Waals surface area (Å²) in [7, 11) is 0. The molecular weight excluding hydrogens is 298 g/mol. The highest BCUT2D eigenvalue weighted by Gasteiger charge is 2.11. The van der Waals surface area contributed by atoms with Crippen molar-refractivity contribution in [1.29, 1.82) is 5.26 Å². The summed E-state index contributed by atoms with van der Waals surface area (Å²) >= 11 is 0. The molecule has 0 radical (unpaired) electrons. The summed E-state index contributed by atoms with van der Waals surface area (Å²) in [6.45, 7) is 4.92. The lowest BCUT2D eigenvalue weighted by atomic mass is 9.99. The SMILES string of the molecule is CCC(C)c1ccc(OC(CC#N)OCCc2ccccc2)cc1. The predicted octanol–water partition coefficient (Wildman–Crippen LogP) is 5.08. The Kier molecular flexibility index (Phi) is 7.32. The van der Waals surface area contributed by atoms with Gasteiger partial charge in [0.15, 0.2) is 0 Å². The molecule has 2 atom stereocenters. The first-order valence-electron chi connectivity index (χ1n) is 8.52. The molecule has 0 spiro atoms. The third-order valence-corrected chi connectivity index (χ3v) is 4.12. The van der Waals surface area contributed by atoms with Gasteiger partial charge in [0, 0.05) is 0 Å². The Bertz CT molecular complexity index is 631. The largest absolute Gasteiger partial charge is 0.464 e. The van der Waals surface area contributed by atoms with E-state index in [1.54, 1.807) is 0 Å². The quantitative estimate of drug-likeness (QED) is 0.604. The molecule has 0 N–H and O–H groups in total. The van der Waals surface area contributed by atoms with E-state index in [9.17, 15) is 0 Å². The van der Waals surface area contributed by atoms with Crippen LogP contribution in [-0.2, 0) is 11.2 Å². The van der Waals surface area contributed by atoms with Crippen molar-refractivity contribution in [2.45, 2.75) is 45.3 Å². The van der Waals surface area contributed by atoms with Crippen LogP contribution < -0.4 is 4.74 Å². The van der Waals surface area contributed by atoms with Gasteiger partial charge in [-0.15, -0.1) is 0 Å². The van der Waals surface area contributed by atoms with Crippen molar-refractivity contribution in [2.75, 3.05) is 6.61 Å². The van der Waals surface area contributed by atoms with Gasteiger partial charge in [0.2, 0.25) is 6.29 Å². The van der Waals surface area contributed by atoms with Crippen LogP contribution in [0.3, 0.4) is 0 Å². The first-order valence-corrected chi connectivity index (χ1v) is 8.52. The second-order valence-electron chi connectivity index (χ2n) is 5.89. The molecule has 0 heterocycles. The number of benzene rings is 2. The predicted molar refractivity (Wildman–Crippen MR) is 95.9 cm³/mol. The van der Waals surface area contributed by atoms with Gasteiger partial charge >= 0.3 is 0 Å². The monoisotopic (exact) mass is 323 g/mol. The average Bonchev–Trinajstić information content (AvgIpc) is 2.63. The number of nitriles is 1. The zero-order valence-corrected chi connectivity index (χ0v) is 14.4. The van der Waals surface area contributed by atoms with Gasteiger partial charge in [-0.05, 0) is 42.0 Å². The average molecular weight is 323 g/mol. The van der Waals surface area contributed by atoms with Crippen molar-refractivity contribution in [1.82, 2.24) is 0 Å². The minimum Gasteiger partial charge on any atom is -0.464 e. The molecule has 3 heteroatoms. The molecule has 0 saturated heterocycles. The van der Waals surface area contributed by atoms with Gasteiger partial charge in [-0.1, -0.05) is 56.3 Å². The Morgan fingerprint density at radius 1 is 1.04 bits per heavy atom. The van der Waals surface area contributed by atoms with Crippen molar-refractivity contribution in [3.05, 3.63) is 65.7 Å². The lowest BCUT2D eigenvalue weighted by Gasteiger charge is -2.18. The fourth-order valence-electron chi connectivity index (χ4n) is 2.42. The van der Waals surface area contributed by atoms with E-state index in [-0.39, 0.29) is 6.42 Å². The summed E-state index contributed by atoms with van der Waals surface area (Å²) in [6, 6.07) is 20.3. The molecule has 126 valence electrons. The van der Waals surface area contributed by atoms with E-state index in [1.165, 1.54) is 11.1 Å². The summed E-state index contributed by atoms with van der Waals surface area (Å²) in [6.07, 6.45) is 1.59. The molecule has 2 unspecified atom stereocenters. The molecule has 0 bridgehead atoms. The van der Waals surface area contributed by atoms with E-state index in [0.717, 1.165) is 18.6 Å². The van der Waals surface area contributed by atoms with Gasteiger partial charge in [-0.3, -0.25) is 0 Å². The highest BCUT2D eigenvalue weighted by Crippen LogP contribution is 2.22. The molecule has 0 aliphatic carbocycles. The highest BCUT2D eigenvalue weighted by atomic mass is 16.7. The minimum absolute atomic E-state index is 0.210. The summed E-state index contributed by atoms with van der Waals surface area (Å²) in [5.74, 6) is 1.28. The van der Waals surface area contributed by atoms with E-state index in [2.05, 4.69) is 44.2 Å². The second-order valence-corrected chi connectivity index (χ2v) is 5.89. The standard InChI is InChI=1S/C21H25NO2/c1-3-17(2)19-9-11-20(12-10-19)24-21(13-15-22)23-16-14-18-7-5-4-6-8-18/h4-12,17,21H,3,13-14,16H2,1-2H3. The van der Waals surface area contributed by atoms with Crippen LogP contribution in [0.5, 0.6) is 5.75 Å².